The van der Waals surface area contributed by atoms with E-state index >= 15 is 4.39 Å². The summed E-state index contributed by atoms with van der Waals surface area (Å²) in [6, 6.07) is 3.11. The van der Waals surface area contributed by atoms with E-state index in [1.54, 1.807) is 60.6 Å². The number of hydrogen-bond donors (Lipinski definition) is 3. The van der Waals surface area contributed by atoms with E-state index in [-0.39, 0.29) is 53.5 Å². The number of carbonyl (C=O) groups excluding carboxylic acids is 3. The summed E-state index contributed by atoms with van der Waals surface area (Å²) < 4.78 is 38.9. The van der Waals surface area contributed by atoms with E-state index in [0.717, 1.165) is 6.54 Å². The van der Waals surface area contributed by atoms with E-state index in [2.05, 4.69) is 25.9 Å². The first-order valence-corrected chi connectivity index (χ1v) is 15.4. The second kappa shape index (κ2) is 12.8. The molecule has 1 saturated heterocycles. The van der Waals surface area contributed by atoms with Crippen LogP contribution in [0.1, 0.15) is 54.0 Å². The van der Waals surface area contributed by atoms with Crippen molar-refractivity contribution in [2.75, 3.05) is 41.8 Å². The van der Waals surface area contributed by atoms with Gasteiger partial charge in [0.2, 0.25) is 5.88 Å². The molecule has 0 saturated carbocycles. The number of carbonyl (C=O) groups is 3. The lowest BCUT2D eigenvalue weighted by Crippen LogP contribution is -2.42. The summed E-state index contributed by atoms with van der Waals surface area (Å²) in [5.74, 6) is -0.259. The van der Waals surface area contributed by atoms with Crippen LogP contribution in [0.4, 0.5) is 36.0 Å². The van der Waals surface area contributed by atoms with Crippen molar-refractivity contribution in [3.05, 3.63) is 35.9 Å². The van der Waals surface area contributed by atoms with Crippen LogP contribution in [0.15, 0.2) is 24.5 Å². The molecule has 47 heavy (non-hydrogen) atoms. The molecule has 2 aliphatic rings. The SMILES string of the molecule is Cc1c(-c2cc3cc(NC(=O)OC4CNCC4C)ncc3c(NC(=O)OC(C)(C)C)c2F)cnc2c1N(C(=O)OC(C)(C)C)CCO2. The number of fused-ring (bicyclic) bond motifs is 2. The molecular formula is C33H41FN6O7. The van der Waals surface area contributed by atoms with Crippen LogP contribution >= 0.6 is 0 Å². The van der Waals surface area contributed by atoms with Crippen LogP contribution < -0.4 is 25.6 Å². The summed E-state index contributed by atoms with van der Waals surface area (Å²) in [5.41, 5.74) is -0.534. The lowest BCUT2D eigenvalue weighted by Gasteiger charge is -2.32. The average Bonchev–Trinajstić information content (AvgIpc) is 3.36. The summed E-state index contributed by atoms with van der Waals surface area (Å²) in [6.07, 6.45) is 0.369. The van der Waals surface area contributed by atoms with Crippen molar-refractivity contribution < 1.29 is 37.7 Å². The van der Waals surface area contributed by atoms with Crippen LogP contribution in [0.5, 0.6) is 5.88 Å². The van der Waals surface area contributed by atoms with Crippen molar-refractivity contribution in [3.63, 3.8) is 0 Å². The monoisotopic (exact) mass is 652 g/mol. The maximum Gasteiger partial charge on any atom is 0.415 e. The second-order valence-corrected chi connectivity index (χ2v) is 13.7. The Balaban J connectivity index is 1.59. The Bertz CT molecular complexity index is 1720. The van der Waals surface area contributed by atoms with Gasteiger partial charge in [-0.2, -0.15) is 0 Å². The van der Waals surface area contributed by atoms with Crippen LogP contribution in [0.25, 0.3) is 21.9 Å². The Labute approximate surface area is 272 Å². The first-order valence-electron chi connectivity index (χ1n) is 15.4. The summed E-state index contributed by atoms with van der Waals surface area (Å²) in [5, 5.41) is 9.06. The fourth-order valence-electron chi connectivity index (χ4n) is 5.39. The predicted molar refractivity (Wildman–Crippen MR) is 175 cm³/mol. The van der Waals surface area contributed by atoms with Crippen molar-refractivity contribution in [2.24, 2.45) is 5.92 Å². The summed E-state index contributed by atoms with van der Waals surface area (Å²) in [7, 11) is 0. The predicted octanol–water partition coefficient (Wildman–Crippen LogP) is 6.38. The molecule has 5 rings (SSSR count). The Morgan fingerprint density at radius 2 is 1.70 bits per heavy atom. The van der Waals surface area contributed by atoms with Crippen molar-refractivity contribution in [1.82, 2.24) is 15.3 Å². The van der Waals surface area contributed by atoms with E-state index in [9.17, 15) is 14.4 Å². The van der Waals surface area contributed by atoms with Crippen LogP contribution in [0, 0.1) is 18.7 Å². The first kappa shape index (κ1) is 33.6. The van der Waals surface area contributed by atoms with Gasteiger partial charge in [-0.05, 0) is 71.5 Å². The van der Waals surface area contributed by atoms with Gasteiger partial charge in [-0.25, -0.2) is 28.7 Å². The fraction of sp³-hybridized carbons (Fsp3) is 0.485. The second-order valence-electron chi connectivity index (χ2n) is 13.7. The van der Waals surface area contributed by atoms with Crippen LogP contribution in [0.3, 0.4) is 0 Å². The minimum Gasteiger partial charge on any atom is -0.474 e. The zero-order valence-corrected chi connectivity index (χ0v) is 27.9. The molecule has 3 aromatic rings. The van der Waals surface area contributed by atoms with Gasteiger partial charge in [0.25, 0.3) is 0 Å². The van der Waals surface area contributed by atoms with Crippen LogP contribution in [-0.2, 0) is 14.2 Å². The normalized spacial score (nSPS) is 17.9. The Morgan fingerprint density at radius 1 is 0.979 bits per heavy atom. The van der Waals surface area contributed by atoms with Gasteiger partial charge in [0, 0.05) is 47.9 Å². The van der Waals surface area contributed by atoms with Gasteiger partial charge in [0.05, 0.1) is 12.2 Å². The minimum absolute atomic E-state index is 0.0663. The zero-order chi connectivity index (χ0) is 34.3. The number of rotatable bonds is 4. The number of ether oxygens (including phenoxy) is 4. The molecular weight excluding hydrogens is 611 g/mol. The lowest BCUT2D eigenvalue weighted by molar-refractivity contribution is 0.0564. The van der Waals surface area contributed by atoms with Gasteiger partial charge in [-0.15, -0.1) is 0 Å². The van der Waals surface area contributed by atoms with Gasteiger partial charge >= 0.3 is 18.3 Å². The maximum absolute atomic E-state index is 16.6. The number of aromatic nitrogens is 2. The van der Waals surface area contributed by atoms with Gasteiger partial charge in [0.1, 0.15) is 35.4 Å². The zero-order valence-electron chi connectivity index (χ0n) is 27.9. The average molecular weight is 653 g/mol. The molecule has 2 aromatic heterocycles. The maximum atomic E-state index is 16.6. The highest BCUT2D eigenvalue weighted by molar-refractivity contribution is 6.05. The molecule has 252 valence electrons. The number of halogens is 1. The number of nitrogens with one attached hydrogen (secondary N) is 3. The van der Waals surface area contributed by atoms with Crippen molar-refractivity contribution in [2.45, 2.75) is 72.7 Å². The number of pyridine rings is 2. The fourth-order valence-corrected chi connectivity index (χ4v) is 5.39. The van der Waals surface area contributed by atoms with Crippen molar-refractivity contribution in [3.8, 4) is 17.0 Å². The van der Waals surface area contributed by atoms with Gasteiger partial charge in [-0.3, -0.25) is 15.5 Å². The van der Waals surface area contributed by atoms with Crippen molar-refractivity contribution >= 4 is 46.2 Å². The highest BCUT2D eigenvalue weighted by atomic mass is 19.1. The Hall–Kier alpha value is -4.72. The third-order valence-electron chi connectivity index (χ3n) is 7.52. The number of benzene rings is 1. The molecule has 0 radical (unpaired) electrons. The molecule has 0 spiro atoms. The molecule has 14 heteroatoms. The lowest BCUT2D eigenvalue weighted by atomic mass is 9.96. The van der Waals surface area contributed by atoms with Gasteiger partial charge < -0.3 is 24.3 Å². The molecule has 4 heterocycles. The first-order chi connectivity index (χ1) is 22.0. The number of amides is 3. The molecule has 3 amide bonds. The standard InChI is InChI=1S/C33H41FN6O7/c1-17-13-35-16-23(17)45-29(41)38-24-12-19-11-20(25(34)26(22(19)15-36-24)39-30(42)46-32(3,4)5)21-14-37-28-27(18(21)2)40(9-10-44-28)31(43)47-33(6,7)8/h11-12,14-15,17,23,35H,9-10,13,16H2,1-8H3,(H,39,42)(H,36,38,41). The molecule has 2 atom stereocenters. The van der Waals surface area contributed by atoms with E-state index in [1.807, 2.05) is 6.92 Å². The van der Waals surface area contributed by atoms with E-state index in [0.29, 0.717) is 28.7 Å². The largest absolute Gasteiger partial charge is 0.474 e. The van der Waals surface area contributed by atoms with Crippen LogP contribution in [-0.4, -0.2) is 71.8 Å². The summed E-state index contributed by atoms with van der Waals surface area (Å²) in [6.45, 7) is 15.8. The summed E-state index contributed by atoms with van der Waals surface area (Å²) in [4.78, 5) is 48.9. The van der Waals surface area contributed by atoms with Crippen molar-refractivity contribution in [1.29, 1.82) is 0 Å². The molecule has 0 aliphatic carbocycles. The minimum atomic E-state index is -0.871. The Morgan fingerprint density at radius 3 is 2.36 bits per heavy atom. The summed E-state index contributed by atoms with van der Waals surface area (Å²) >= 11 is 0. The van der Waals surface area contributed by atoms with Gasteiger partial charge in [-0.1, -0.05) is 6.92 Å². The number of nitrogens with zero attached hydrogens (tertiary/aromatic N) is 3. The third kappa shape index (κ3) is 7.64. The molecule has 3 N–H and O–H groups in total. The molecule has 1 aromatic carbocycles. The topological polar surface area (TPSA) is 153 Å². The highest BCUT2D eigenvalue weighted by Gasteiger charge is 2.33. The van der Waals surface area contributed by atoms with E-state index < -0.39 is 35.3 Å². The molecule has 1 fully saturated rings. The smallest absolute Gasteiger partial charge is 0.415 e. The number of hydrogen-bond acceptors (Lipinski definition) is 10. The number of anilines is 3. The van der Waals surface area contributed by atoms with E-state index in [1.165, 1.54) is 17.3 Å². The third-order valence-corrected chi connectivity index (χ3v) is 7.52. The van der Waals surface area contributed by atoms with Crippen LogP contribution in [0.2, 0.25) is 0 Å². The molecule has 13 nitrogen and oxygen atoms in total. The highest BCUT2D eigenvalue weighted by Crippen LogP contribution is 2.42. The van der Waals surface area contributed by atoms with Gasteiger partial charge in [0.15, 0.2) is 5.82 Å². The Kier molecular flexibility index (Phi) is 9.18. The molecule has 0 bridgehead atoms. The molecule has 2 unspecified atom stereocenters. The molecule has 2 aliphatic heterocycles. The quantitative estimate of drug-likeness (QED) is 0.271. The van der Waals surface area contributed by atoms with E-state index in [4.69, 9.17) is 18.9 Å².